The van der Waals surface area contributed by atoms with E-state index in [9.17, 15) is 13.2 Å². The van der Waals surface area contributed by atoms with Crippen molar-refractivity contribution in [2.45, 2.75) is 18.4 Å². The summed E-state index contributed by atoms with van der Waals surface area (Å²) in [5.74, 6) is -0.306. The van der Waals surface area contributed by atoms with Gasteiger partial charge in [0.15, 0.2) is 9.84 Å². The van der Waals surface area contributed by atoms with Gasteiger partial charge in [0.1, 0.15) is 0 Å². The smallest absolute Gasteiger partial charge is 0.251 e. The van der Waals surface area contributed by atoms with Crippen molar-refractivity contribution in [1.29, 1.82) is 0 Å². The molecule has 21 heavy (non-hydrogen) atoms. The zero-order valence-corrected chi connectivity index (χ0v) is 12.9. The third-order valence-electron chi connectivity index (χ3n) is 3.23. The van der Waals surface area contributed by atoms with Gasteiger partial charge in [0, 0.05) is 25.1 Å². The average molecular weight is 307 g/mol. The fraction of sp³-hybridized carbons (Fsp3) is 0.286. The highest BCUT2D eigenvalue weighted by Gasteiger charge is 2.14. The fourth-order valence-corrected chi connectivity index (χ4v) is 2.56. The largest absolute Gasteiger partial charge is 0.346 e. The van der Waals surface area contributed by atoms with E-state index in [1.165, 1.54) is 12.1 Å². The van der Waals surface area contributed by atoms with Gasteiger partial charge in [-0.3, -0.25) is 9.48 Å². The summed E-state index contributed by atoms with van der Waals surface area (Å²) in [6.45, 7) is 2.10. The lowest BCUT2D eigenvalue weighted by atomic mass is 10.1. The van der Waals surface area contributed by atoms with Gasteiger partial charge in [-0.2, -0.15) is 5.10 Å². The van der Waals surface area contributed by atoms with Crippen molar-refractivity contribution >= 4 is 15.7 Å². The summed E-state index contributed by atoms with van der Waals surface area (Å²) < 4.78 is 24.8. The zero-order chi connectivity index (χ0) is 15.6. The Labute approximate surface area is 123 Å². The van der Waals surface area contributed by atoms with E-state index in [0.29, 0.717) is 12.1 Å². The number of sulfone groups is 1. The summed E-state index contributed by atoms with van der Waals surface area (Å²) in [6, 6.07) is 6.35. The van der Waals surface area contributed by atoms with E-state index >= 15 is 0 Å². The van der Waals surface area contributed by atoms with Gasteiger partial charge in [-0.25, -0.2) is 8.42 Å². The Morgan fingerprint density at radius 3 is 2.62 bits per heavy atom. The van der Waals surface area contributed by atoms with Crippen LogP contribution >= 0.6 is 0 Å². The van der Waals surface area contributed by atoms with Crippen LogP contribution < -0.4 is 5.32 Å². The molecule has 0 aliphatic heterocycles. The monoisotopic (exact) mass is 307 g/mol. The van der Waals surface area contributed by atoms with Gasteiger partial charge < -0.3 is 5.32 Å². The maximum absolute atomic E-state index is 12.2. The van der Waals surface area contributed by atoms with E-state index in [4.69, 9.17) is 0 Å². The summed E-state index contributed by atoms with van der Waals surface area (Å²) in [5, 5.41) is 6.78. The molecule has 1 heterocycles. The Morgan fingerprint density at radius 2 is 2.05 bits per heavy atom. The Hall–Kier alpha value is -2.15. The fourth-order valence-electron chi connectivity index (χ4n) is 1.92. The third kappa shape index (κ3) is 3.49. The van der Waals surface area contributed by atoms with Crippen molar-refractivity contribution < 1.29 is 13.2 Å². The van der Waals surface area contributed by atoms with Crippen LogP contribution in [0.1, 0.15) is 21.6 Å². The predicted octanol–water partition coefficient (Wildman–Crippen LogP) is 1.06. The number of amides is 1. The highest BCUT2D eigenvalue weighted by Crippen LogP contribution is 2.15. The lowest BCUT2D eigenvalue weighted by Crippen LogP contribution is -2.25. The van der Waals surface area contributed by atoms with E-state index in [0.717, 1.165) is 17.5 Å². The first kappa shape index (κ1) is 15.2. The molecule has 0 saturated carbocycles. The molecular formula is C14H17N3O3S. The van der Waals surface area contributed by atoms with Gasteiger partial charge in [0.2, 0.25) is 0 Å². The average Bonchev–Trinajstić information content (AvgIpc) is 2.80. The topological polar surface area (TPSA) is 81.1 Å². The van der Waals surface area contributed by atoms with Gasteiger partial charge in [-0.1, -0.05) is 6.07 Å². The number of aromatic nitrogens is 2. The second-order valence-corrected chi connectivity index (χ2v) is 6.89. The number of nitrogens with zero attached hydrogens (tertiary/aromatic N) is 2. The molecule has 1 aromatic heterocycles. The van der Waals surface area contributed by atoms with Crippen LogP contribution in [-0.4, -0.2) is 30.4 Å². The minimum Gasteiger partial charge on any atom is -0.346 e. The number of benzene rings is 1. The van der Waals surface area contributed by atoms with E-state index in [2.05, 4.69) is 10.4 Å². The summed E-state index contributed by atoms with van der Waals surface area (Å²) in [7, 11) is -1.55. The van der Waals surface area contributed by atoms with Gasteiger partial charge >= 0.3 is 0 Å². The molecule has 0 aliphatic rings. The minimum atomic E-state index is -3.33. The molecule has 0 spiro atoms. The molecule has 7 heteroatoms. The maximum atomic E-state index is 12.2. The molecule has 0 radical (unpaired) electrons. The molecule has 6 nitrogen and oxygen atoms in total. The van der Waals surface area contributed by atoms with Crippen LogP contribution in [0.3, 0.4) is 0 Å². The van der Waals surface area contributed by atoms with E-state index < -0.39 is 9.84 Å². The molecule has 112 valence electrons. The van der Waals surface area contributed by atoms with E-state index in [1.54, 1.807) is 37.0 Å². The Kier molecular flexibility index (Phi) is 4.13. The SMILES string of the molecule is Cc1ccc(S(C)(=O)=O)cc1C(=O)NCc1ccnn1C. The Morgan fingerprint density at radius 1 is 1.33 bits per heavy atom. The second kappa shape index (κ2) is 5.69. The quantitative estimate of drug-likeness (QED) is 0.916. The van der Waals surface area contributed by atoms with Gasteiger partial charge in [-0.15, -0.1) is 0 Å². The molecule has 0 fully saturated rings. The molecule has 0 aliphatic carbocycles. The normalized spacial score (nSPS) is 11.4. The highest BCUT2D eigenvalue weighted by atomic mass is 32.2. The zero-order valence-electron chi connectivity index (χ0n) is 12.1. The second-order valence-electron chi connectivity index (χ2n) is 4.88. The van der Waals surface area contributed by atoms with Crippen molar-refractivity contribution in [2.75, 3.05) is 6.26 Å². The molecule has 1 amide bonds. The third-order valence-corrected chi connectivity index (χ3v) is 4.34. The van der Waals surface area contributed by atoms with Gasteiger partial charge in [0.05, 0.1) is 17.1 Å². The molecule has 0 atom stereocenters. The first-order chi connectivity index (χ1) is 9.79. The Balaban J connectivity index is 2.21. The van der Waals surface area contributed by atoms with E-state index in [1.807, 2.05) is 0 Å². The van der Waals surface area contributed by atoms with Crippen LogP contribution in [0.15, 0.2) is 35.4 Å². The molecule has 1 N–H and O–H groups in total. The lowest BCUT2D eigenvalue weighted by molar-refractivity contribution is 0.0949. The van der Waals surface area contributed by atoms with Crippen molar-refractivity contribution in [3.05, 3.63) is 47.3 Å². The van der Waals surface area contributed by atoms with Crippen LogP contribution in [0, 0.1) is 6.92 Å². The number of rotatable bonds is 4. The molecule has 2 rings (SSSR count). The van der Waals surface area contributed by atoms with Crippen LogP contribution in [0.4, 0.5) is 0 Å². The minimum absolute atomic E-state index is 0.138. The first-order valence-corrected chi connectivity index (χ1v) is 8.24. The van der Waals surface area contributed by atoms with E-state index in [-0.39, 0.29) is 10.8 Å². The molecule has 0 bridgehead atoms. The number of carbonyl (C=O) groups excluding carboxylic acids is 1. The van der Waals surface area contributed by atoms with Crippen molar-refractivity contribution in [3.63, 3.8) is 0 Å². The highest BCUT2D eigenvalue weighted by molar-refractivity contribution is 7.90. The molecular weight excluding hydrogens is 290 g/mol. The van der Waals surface area contributed by atoms with Gasteiger partial charge in [-0.05, 0) is 30.7 Å². The standard InChI is InChI=1S/C14H17N3O3S/c1-10-4-5-12(21(3,19)20)8-13(10)14(18)15-9-11-6-7-16-17(11)2/h4-8H,9H2,1-3H3,(H,15,18). The molecule has 0 saturated heterocycles. The van der Waals surface area contributed by atoms with Crippen LogP contribution in [0.2, 0.25) is 0 Å². The molecule has 1 aromatic carbocycles. The first-order valence-electron chi connectivity index (χ1n) is 6.35. The lowest BCUT2D eigenvalue weighted by Gasteiger charge is -2.09. The molecule has 0 unspecified atom stereocenters. The number of hydrogen-bond donors (Lipinski definition) is 1. The summed E-state index contributed by atoms with van der Waals surface area (Å²) in [5.41, 5.74) is 1.95. The number of carbonyl (C=O) groups is 1. The number of hydrogen-bond acceptors (Lipinski definition) is 4. The van der Waals surface area contributed by atoms with Crippen LogP contribution in [0.5, 0.6) is 0 Å². The Bertz CT molecular complexity index is 779. The summed E-state index contributed by atoms with van der Waals surface area (Å²) in [4.78, 5) is 12.4. The predicted molar refractivity (Wildman–Crippen MR) is 78.7 cm³/mol. The van der Waals surface area contributed by atoms with Gasteiger partial charge in [0.25, 0.3) is 5.91 Å². The summed E-state index contributed by atoms with van der Waals surface area (Å²) in [6.07, 6.45) is 2.77. The van der Waals surface area contributed by atoms with Crippen LogP contribution in [-0.2, 0) is 23.4 Å². The number of nitrogens with one attached hydrogen (secondary N) is 1. The summed E-state index contributed by atoms with van der Waals surface area (Å²) >= 11 is 0. The van der Waals surface area contributed by atoms with Crippen molar-refractivity contribution in [3.8, 4) is 0 Å². The van der Waals surface area contributed by atoms with Crippen LogP contribution in [0.25, 0.3) is 0 Å². The number of aryl methyl sites for hydroxylation is 2. The maximum Gasteiger partial charge on any atom is 0.251 e. The molecule has 2 aromatic rings. The van der Waals surface area contributed by atoms with Crippen molar-refractivity contribution in [2.24, 2.45) is 7.05 Å². The van der Waals surface area contributed by atoms with Crippen molar-refractivity contribution in [1.82, 2.24) is 15.1 Å².